The summed E-state index contributed by atoms with van der Waals surface area (Å²) in [4.78, 5) is 11.4. The van der Waals surface area contributed by atoms with Gasteiger partial charge in [0.05, 0.1) is 23.5 Å². The Morgan fingerprint density at radius 2 is 2.22 bits per heavy atom. The molecule has 0 unspecified atom stereocenters. The molecule has 0 saturated carbocycles. The number of rotatable bonds is 3. The van der Waals surface area contributed by atoms with E-state index in [1.54, 1.807) is 25.1 Å². The van der Waals surface area contributed by atoms with Crippen LogP contribution in [-0.4, -0.2) is 27.6 Å². The van der Waals surface area contributed by atoms with E-state index in [0.717, 1.165) is 0 Å². The van der Waals surface area contributed by atoms with Gasteiger partial charge in [0.15, 0.2) is 5.69 Å². The van der Waals surface area contributed by atoms with E-state index in [0.29, 0.717) is 15.7 Å². The first-order valence-corrected chi connectivity index (χ1v) is 5.92. The van der Waals surface area contributed by atoms with Gasteiger partial charge in [-0.25, -0.2) is 9.48 Å². The molecule has 0 radical (unpaired) electrons. The number of aromatic nitrogens is 3. The predicted octanol–water partition coefficient (Wildman–Crippen LogP) is 2.75. The number of esters is 1. The molecule has 0 aliphatic heterocycles. The van der Waals surface area contributed by atoms with Crippen molar-refractivity contribution in [2.75, 3.05) is 6.61 Å². The fourth-order valence-electron chi connectivity index (χ4n) is 1.34. The lowest BCUT2D eigenvalue weighted by Gasteiger charge is -2.03. The average molecular weight is 286 g/mol. The van der Waals surface area contributed by atoms with E-state index >= 15 is 0 Å². The molecule has 0 amide bonds. The minimum Gasteiger partial charge on any atom is -0.461 e. The molecule has 7 heteroatoms. The Hall–Kier alpha value is -1.59. The summed E-state index contributed by atoms with van der Waals surface area (Å²) in [6.45, 7) is 2.00. The molecule has 18 heavy (non-hydrogen) atoms. The predicted molar refractivity (Wildman–Crippen MR) is 67.3 cm³/mol. The van der Waals surface area contributed by atoms with Crippen molar-refractivity contribution in [2.45, 2.75) is 6.92 Å². The molecule has 0 aliphatic carbocycles. The quantitative estimate of drug-likeness (QED) is 0.814. The molecule has 2 aromatic rings. The van der Waals surface area contributed by atoms with Gasteiger partial charge < -0.3 is 4.74 Å². The molecule has 0 atom stereocenters. The van der Waals surface area contributed by atoms with E-state index < -0.39 is 5.97 Å². The number of hydrogen-bond donors (Lipinski definition) is 0. The van der Waals surface area contributed by atoms with Crippen molar-refractivity contribution in [3.05, 3.63) is 40.1 Å². The third kappa shape index (κ3) is 2.63. The molecule has 0 aliphatic rings. The van der Waals surface area contributed by atoms with E-state index in [1.807, 2.05) is 0 Å². The minimum absolute atomic E-state index is 0.118. The van der Waals surface area contributed by atoms with E-state index in [2.05, 4.69) is 10.3 Å². The first kappa shape index (κ1) is 12.9. The van der Waals surface area contributed by atoms with Gasteiger partial charge in [-0.1, -0.05) is 28.4 Å². The van der Waals surface area contributed by atoms with Crippen LogP contribution in [0.25, 0.3) is 5.69 Å². The van der Waals surface area contributed by atoms with Crippen LogP contribution < -0.4 is 0 Å². The molecule has 1 heterocycles. The molecular formula is C11H9Cl2N3O2. The second-order valence-electron chi connectivity index (χ2n) is 3.36. The second-order valence-corrected chi connectivity index (χ2v) is 4.21. The number of carbonyl (C=O) groups excluding carboxylic acids is 1. The lowest BCUT2D eigenvalue weighted by atomic mass is 10.3. The second kappa shape index (κ2) is 5.37. The van der Waals surface area contributed by atoms with E-state index in [4.69, 9.17) is 27.9 Å². The van der Waals surface area contributed by atoms with Crippen molar-refractivity contribution < 1.29 is 9.53 Å². The summed E-state index contributed by atoms with van der Waals surface area (Å²) in [5.74, 6) is -0.526. The van der Waals surface area contributed by atoms with Crippen LogP contribution in [0.3, 0.4) is 0 Å². The Balaban J connectivity index is 2.35. The summed E-state index contributed by atoms with van der Waals surface area (Å²) < 4.78 is 6.19. The minimum atomic E-state index is -0.526. The first-order valence-electron chi connectivity index (χ1n) is 5.16. The summed E-state index contributed by atoms with van der Waals surface area (Å²) in [6.07, 6.45) is 1.44. The molecule has 2 rings (SSSR count). The van der Waals surface area contributed by atoms with Gasteiger partial charge in [0.25, 0.3) is 0 Å². The Morgan fingerprint density at radius 1 is 1.44 bits per heavy atom. The summed E-state index contributed by atoms with van der Waals surface area (Å²) in [5.41, 5.74) is 0.667. The highest BCUT2D eigenvalue weighted by Crippen LogP contribution is 2.23. The number of benzene rings is 1. The highest BCUT2D eigenvalue weighted by Gasteiger charge is 2.13. The van der Waals surface area contributed by atoms with Crippen molar-refractivity contribution >= 4 is 29.2 Å². The fourth-order valence-corrected chi connectivity index (χ4v) is 1.71. The van der Waals surface area contributed by atoms with Gasteiger partial charge in [-0.3, -0.25) is 0 Å². The van der Waals surface area contributed by atoms with Gasteiger partial charge in [0.2, 0.25) is 0 Å². The van der Waals surface area contributed by atoms with Crippen molar-refractivity contribution in [1.29, 1.82) is 0 Å². The van der Waals surface area contributed by atoms with Crippen LogP contribution in [0.15, 0.2) is 24.4 Å². The molecule has 1 aromatic carbocycles. The summed E-state index contributed by atoms with van der Waals surface area (Å²) in [6, 6.07) is 4.94. The smallest absolute Gasteiger partial charge is 0.360 e. The van der Waals surface area contributed by atoms with Crippen LogP contribution >= 0.6 is 23.2 Å². The molecule has 1 aromatic heterocycles. The lowest BCUT2D eigenvalue weighted by molar-refractivity contribution is 0.0519. The SMILES string of the molecule is CCOC(=O)c1cn(-c2cc(Cl)ccc2Cl)nn1. The van der Waals surface area contributed by atoms with Gasteiger partial charge in [-0.05, 0) is 25.1 Å². The summed E-state index contributed by atoms with van der Waals surface area (Å²) >= 11 is 11.9. The molecule has 0 N–H and O–H groups in total. The van der Waals surface area contributed by atoms with Crippen LogP contribution in [0.2, 0.25) is 10.0 Å². The first-order chi connectivity index (χ1) is 8.61. The summed E-state index contributed by atoms with van der Waals surface area (Å²) in [5, 5.41) is 8.51. The highest BCUT2D eigenvalue weighted by molar-refractivity contribution is 6.34. The van der Waals surface area contributed by atoms with E-state index in [9.17, 15) is 4.79 Å². The Bertz CT molecular complexity index is 583. The molecule has 94 valence electrons. The number of ether oxygens (including phenoxy) is 1. The van der Waals surface area contributed by atoms with Crippen LogP contribution in [-0.2, 0) is 4.74 Å². The maximum absolute atomic E-state index is 11.4. The Morgan fingerprint density at radius 3 is 2.94 bits per heavy atom. The largest absolute Gasteiger partial charge is 0.461 e. The number of halogens is 2. The average Bonchev–Trinajstić information content (AvgIpc) is 2.82. The third-order valence-electron chi connectivity index (χ3n) is 2.13. The van der Waals surface area contributed by atoms with Gasteiger partial charge >= 0.3 is 5.97 Å². The van der Waals surface area contributed by atoms with E-state index in [1.165, 1.54) is 10.9 Å². The molecule has 0 spiro atoms. The van der Waals surface area contributed by atoms with Crippen LogP contribution in [0.5, 0.6) is 0 Å². The highest BCUT2D eigenvalue weighted by atomic mass is 35.5. The van der Waals surface area contributed by atoms with Crippen molar-refractivity contribution in [3.63, 3.8) is 0 Å². The zero-order valence-electron chi connectivity index (χ0n) is 9.43. The van der Waals surface area contributed by atoms with Crippen molar-refractivity contribution in [1.82, 2.24) is 15.0 Å². The zero-order chi connectivity index (χ0) is 13.1. The Labute approximate surface area is 113 Å². The topological polar surface area (TPSA) is 57.0 Å². The van der Waals surface area contributed by atoms with Crippen LogP contribution in [0.1, 0.15) is 17.4 Å². The zero-order valence-corrected chi connectivity index (χ0v) is 10.9. The van der Waals surface area contributed by atoms with Crippen molar-refractivity contribution in [3.8, 4) is 5.69 Å². The maximum Gasteiger partial charge on any atom is 0.360 e. The maximum atomic E-state index is 11.4. The van der Waals surface area contributed by atoms with Crippen LogP contribution in [0.4, 0.5) is 0 Å². The lowest BCUT2D eigenvalue weighted by Crippen LogP contribution is -2.04. The van der Waals surface area contributed by atoms with Gasteiger partial charge in [-0.15, -0.1) is 5.10 Å². The van der Waals surface area contributed by atoms with Crippen molar-refractivity contribution in [2.24, 2.45) is 0 Å². The monoisotopic (exact) mass is 285 g/mol. The molecule has 0 fully saturated rings. The molecular weight excluding hydrogens is 277 g/mol. The number of nitrogens with zero attached hydrogens (tertiary/aromatic N) is 3. The fraction of sp³-hybridized carbons (Fsp3) is 0.182. The normalized spacial score (nSPS) is 10.4. The number of hydrogen-bond acceptors (Lipinski definition) is 4. The third-order valence-corrected chi connectivity index (χ3v) is 2.69. The van der Waals surface area contributed by atoms with Gasteiger partial charge in [0.1, 0.15) is 0 Å². The van der Waals surface area contributed by atoms with Crippen LogP contribution in [0, 0.1) is 0 Å². The van der Waals surface area contributed by atoms with E-state index in [-0.39, 0.29) is 12.3 Å². The number of carbonyl (C=O) groups is 1. The molecule has 0 saturated heterocycles. The molecule has 0 bridgehead atoms. The van der Waals surface area contributed by atoms with Gasteiger partial charge in [0, 0.05) is 5.02 Å². The summed E-state index contributed by atoms with van der Waals surface area (Å²) in [7, 11) is 0. The van der Waals surface area contributed by atoms with Gasteiger partial charge in [-0.2, -0.15) is 0 Å². The standard InChI is InChI=1S/C11H9Cl2N3O2/c1-2-18-11(17)9-6-16(15-14-9)10-5-7(12)3-4-8(10)13/h3-6H,2H2,1H3. The Kier molecular flexibility index (Phi) is 3.84. The molecule has 5 nitrogen and oxygen atoms in total.